The van der Waals surface area contributed by atoms with Crippen molar-refractivity contribution in [2.45, 2.75) is 19.0 Å². The summed E-state index contributed by atoms with van der Waals surface area (Å²) in [7, 11) is -1.78. The third-order valence-electron chi connectivity index (χ3n) is 1.95. The maximum Gasteiger partial charge on any atom is 0.322 e. The molecule has 1 N–H and O–H groups in total. The van der Waals surface area contributed by atoms with E-state index in [0.29, 0.717) is 0 Å². The lowest BCUT2D eigenvalue weighted by atomic mass is 10.2. The Hall–Kier alpha value is -0.880. The second-order valence-electron chi connectivity index (χ2n) is 3.18. The van der Waals surface area contributed by atoms with Crippen molar-refractivity contribution < 1.29 is 17.9 Å². The third kappa shape index (κ3) is 2.81. The number of hydrogen-bond acceptors (Lipinski definition) is 5. The summed E-state index contributed by atoms with van der Waals surface area (Å²) in [5, 5.41) is 4.01. The van der Waals surface area contributed by atoms with Gasteiger partial charge in [0.25, 0.3) is 0 Å². The van der Waals surface area contributed by atoms with Crippen LogP contribution in [0.4, 0.5) is 0 Å². The van der Waals surface area contributed by atoms with Crippen LogP contribution < -0.4 is 5.32 Å². The van der Waals surface area contributed by atoms with Gasteiger partial charge in [0.15, 0.2) is 9.84 Å². The van der Waals surface area contributed by atoms with Crippen molar-refractivity contribution in [3.8, 4) is 0 Å². The topological polar surface area (TPSA) is 72.5 Å². The van der Waals surface area contributed by atoms with Crippen LogP contribution in [0.15, 0.2) is 11.5 Å². The molecule has 0 amide bonds. The number of sulfone groups is 1. The second kappa shape index (κ2) is 4.10. The van der Waals surface area contributed by atoms with Crippen LogP contribution in [-0.2, 0) is 19.4 Å². The second-order valence-corrected chi connectivity index (χ2v) is 5.11. The quantitative estimate of drug-likeness (QED) is 0.645. The minimum atomic E-state index is -3.07. The number of ether oxygens (including phenoxy) is 1. The molecule has 1 aliphatic rings. The Balaban J connectivity index is 2.49. The largest absolute Gasteiger partial charge is 0.468 e. The van der Waals surface area contributed by atoms with Crippen molar-refractivity contribution in [3.63, 3.8) is 0 Å². The number of esters is 1. The molecule has 1 aliphatic heterocycles. The first-order chi connectivity index (χ1) is 6.44. The van der Waals surface area contributed by atoms with Gasteiger partial charge in [-0.2, -0.15) is 0 Å². The number of carbonyl (C=O) groups excluding carboxylic acids is 1. The van der Waals surface area contributed by atoms with Crippen molar-refractivity contribution in [1.29, 1.82) is 0 Å². The highest BCUT2D eigenvalue weighted by Gasteiger charge is 2.24. The van der Waals surface area contributed by atoms with Gasteiger partial charge in [0.1, 0.15) is 6.04 Å². The molecule has 2 atom stereocenters. The van der Waals surface area contributed by atoms with Gasteiger partial charge in [0.05, 0.1) is 12.9 Å². The first-order valence-electron chi connectivity index (χ1n) is 4.19. The molecule has 2 unspecified atom stereocenters. The third-order valence-corrected chi connectivity index (χ3v) is 3.34. The Morgan fingerprint density at radius 2 is 2.29 bits per heavy atom. The molecule has 0 aromatic heterocycles. The predicted molar refractivity (Wildman–Crippen MR) is 51.3 cm³/mol. The summed E-state index contributed by atoms with van der Waals surface area (Å²) in [6.45, 7) is 1.63. The minimum absolute atomic E-state index is 0.00827. The maximum absolute atomic E-state index is 11.0. The van der Waals surface area contributed by atoms with Crippen molar-refractivity contribution >= 4 is 15.8 Å². The van der Waals surface area contributed by atoms with Crippen LogP contribution in [0.2, 0.25) is 0 Å². The van der Waals surface area contributed by atoms with E-state index in [1.54, 1.807) is 6.92 Å². The van der Waals surface area contributed by atoms with Crippen molar-refractivity contribution in [1.82, 2.24) is 5.32 Å². The van der Waals surface area contributed by atoms with Crippen molar-refractivity contribution in [3.05, 3.63) is 11.5 Å². The smallest absolute Gasteiger partial charge is 0.322 e. The van der Waals surface area contributed by atoms with Crippen LogP contribution in [0, 0.1) is 0 Å². The average molecular weight is 219 g/mol. The molecule has 0 aromatic rings. The highest BCUT2D eigenvalue weighted by molar-refractivity contribution is 7.94. The fourth-order valence-electron chi connectivity index (χ4n) is 1.25. The van der Waals surface area contributed by atoms with E-state index in [1.165, 1.54) is 13.2 Å². The first kappa shape index (κ1) is 11.2. The number of rotatable bonds is 3. The Kier molecular flexibility index (Phi) is 3.28. The van der Waals surface area contributed by atoms with Gasteiger partial charge in [0.2, 0.25) is 0 Å². The summed E-state index contributed by atoms with van der Waals surface area (Å²) in [6, 6.07) is -0.794. The molecule has 0 aliphatic carbocycles. The lowest BCUT2D eigenvalue weighted by molar-refractivity contribution is -0.142. The van der Waals surface area contributed by atoms with Gasteiger partial charge in [-0.15, -0.1) is 0 Å². The maximum atomic E-state index is 11.0. The SMILES string of the molecule is COC(=O)C(C)NC1C=CS(=O)(=O)C1. The molecule has 14 heavy (non-hydrogen) atoms. The zero-order valence-corrected chi connectivity index (χ0v) is 8.87. The van der Waals surface area contributed by atoms with Gasteiger partial charge in [-0.3, -0.25) is 10.1 Å². The zero-order valence-electron chi connectivity index (χ0n) is 8.06. The van der Waals surface area contributed by atoms with Crippen LogP contribution in [0.1, 0.15) is 6.92 Å². The van der Waals surface area contributed by atoms with Gasteiger partial charge in [-0.1, -0.05) is 6.08 Å². The molecule has 1 rings (SSSR count). The molecular weight excluding hydrogens is 206 g/mol. The average Bonchev–Trinajstić information content (AvgIpc) is 2.44. The molecule has 1 heterocycles. The highest BCUT2D eigenvalue weighted by atomic mass is 32.2. The molecule has 6 heteroatoms. The number of methoxy groups -OCH3 is 1. The van der Waals surface area contributed by atoms with Crippen LogP contribution in [0.5, 0.6) is 0 Å². The Bertz CT molecular complexity index is 346. The van der Waals surface area contributed by atoms with Gasteiger partial charge >= 0.3 is 5.97 Å². The molecule has 0 spiro atoms. The molecular formula is C8H13NO4S. The van der Waals surface area contributed by atoms with E-state index in [9.17, 15) is 13.2 Å². The monoisotopic (exact) mass is 219 g/mol. The van der Waals surface area contributed by atoms with E-state index in [2.05, 4.69) is 10.1 Å². The van der Waals surface area contributed by atoms with Gasteiger partial charge in [-0.25, -0.2) is 8.42 Å². The van der Waals surface area contributed by atoms with Gasteiger partial charge in [0, 0.05) is 11.4 Å². The molecule has 0 fully saturated rings. The van der Waals surface area contributed by atoms with Crippen molar-refractivity contribution in [2.24, 2.45) is 0 Å². The van der Waals surface area contributed by atoms with Crippen LogP contribution in [0.3, 0.4) is 0 Å². The van der Waals surface area contributed by atoms with Gasteiger partial charge in [-0.05, 0) is 6.92 Å². The van der Waals surface area contributed by atoms with Crippen LogP contribution in [-0.4, -0.2) is 39.3 Å². The summed E-state index contributed by atoms with van der Waals surface area (Å²) in [5.74, 6) is -0.392. The molecule has 5 nitrogen and oxygen atoms in total. The zero-order chi connectivity index (χ0) is 10.8. The molecule has 80 valence electrons. The van der Waals surface area contributed by atoms with Crippen molar-refractivity contribution in [2.75, 3.05) is 12.9 Å². The first-order valence-corrected chi connectivity index (χ1v) is 5.91. The summed E-state index contributed by atoms with van der Waals surface area (Å²) in [6.07, 6.45) is 1.54. The molecule has 0 bridgehead atoms. The van der Waals surface area contributed by atoms with E-state index >= 15 is 0 Å². The van der Waals surface area contributed by atoms with E-state index in [0.717, 1.165) is 5.41 Å². The number of nitrogens with one attached hydrogen (secondary N) is 1. The number of carbonyl (C=O) groups is 1. The highest BCUT2D eigenvalue weighted by Crippen LogP contribution is 2.08. The fourth-order valence-corrected chi connectivity index (χ4v) is 2.49. The molecule has 0 radical (unpaired) electrons. The molecule has 0 saturated carbocycles. The van der Waals surface area contributed by atoms with E-state index in [1.807, 2.05) is 0 Å². The Morgan fingerprint density at radius 3 is 2.71 bits per heavy atom. The summed E-state index contributed by atoms with van der Waals surface area (Å²) >= 11 is 0. The fraction of sp³-hybridized carbons (Fsp3) is 0.625. The van der Waals surface area contributed by atoms with E-state index < -0.39 is 21.8 Å². The van der Waals surface area contributed by atoms with Crippen LogP contribution >= 0.6 is 0 Å². The normalized spacial score (nSPS) is 26.0. The Morgan fingerprint density at radius 1 is 1.64 bits per heavy atom. The summed E-state index contributed by atoms with van der Waals surface area (Å²) in [5.41, 5.74) is 0. The lowest BCUT2D eigenvalue weighted by Crippen LogP contribution is -2.42. The van der Waals surface area contributed by atoms with E-state index in [-0.39, 0.29) is 11.8 Å². The van der Waals surface area contributed by atoms with Crippen LogP contribution in [0.25, 0.3) is 0 Å². The Labute approximate surface area is 83.0 Å². The summed E-state index contributed by atoms with van der Waals surface area (Å²) < 4.78 is 26.5. The summed E-state index contributed by atoms with van der Waals surface area (Å²) in [4.78, 5) is 11.0. The molecule has 0 saturated heterocycles. The minimum Gasteiger partial charge on any atom is -0.468 e. The molecule has 0 aromatic carbocycles. The number of hydrogen-bond donors (Lipinski definition) is 1. The standard InChI is InChI=1S/C8H13NO4S/c1-6(8(10)13-2)9-7-3-4-14(11,12)5-7/h3-4,6-7,9H,5H2,1-2H3. The predicted octanol–water partition coefficient (Wildman–Crippen LogP) is -0.552. The van der Waals surface area contributed by atoms with Gasteiger partial charge < -0.3 is 4.74 Å². The lowest BCUT2D eigenvalue weighted by Gasteiger charge is -2.15. The van der Waals surface area contributed by atoms with E-state index in [4.69, 9.17) is 0 Å².